The third-order valence-electron chi connectivity index (χ3n) is 3.51. The van der Waals surface area contributed by atoms with Crippen LogP contribution in [0.5, 0.6) is 0 Å². The molecule has 0 atom stereocenters. The van der Waals surface area contributed by atoms with Crippen LogP contribution in [-0.4, -0.2) is 47.9 Å². The molecule has 1 heterocycles. The van der Waals surface area contributed by atoms with Gasteiger partial charge in [-0.15, -0.1) is 0 Å². The minimum absolute atomic E-state index is 0.0316. The van der Waals surface area contributed by atoms with Gasteiger partial charge in [0.2, 0.25) is 0 Å². The number of rotatable bonds is 2. The van der Waals surface area contributed by atoms with Crippen molar-refractivity contribution in [2.45, 2.75) is 19.9 Å². The third-order valence-corrected chi connectivity index (χ3v) is 4.33. The van der Waals surface area contributed by atoms with Crippen LogP contribution in [0.3, 0.4) is 0 Å². The standard InChI is InChI=1S/C14H18Cl2N2O/c1-10(2)17-6-8-18(9-7-17)14(19)11-4-3-5-12(15)13(11)16/h3-5,10H,6-9H2,1-2H3. The molecule has 1 aliphatic rings. The summed E-state index contributed by atoms with van der Waals surface area (Å²) in [5, 5.41) is 0.772. The Hall–Kier alpha value is -0.770. The van der Waals surface area contributed by atoms with Gasteiger partial charge < -0.3 is 4.90 Å². The number of hydrogen-bond donors (Lipinski definition) is 0. The Kier molecular flexibility index (Phi) is 4.71. The average Bonchev–Trinajstić information content (AvgIpc) is 2.41. The molecule has 0 aliphatic carbocycles. The fourth-order valence-electron chi connectivity index (χ4n) is 2.28. The van der Waals surface area contributed by atoms with Crippen LogP contribution in [0.1, 0.15) is 24.2 Å². The SMILES string of the molecule is CC(C)N1CCN(C(=O)c2cccc(Cl)c2Cl)CC1. The lowest BCUT2D eigenvalue weighted by Gasteiger charge is -2.37. The van der Waals surface area contributed by atoms with E-state index in [9.17, 15) is 4.79 Å². The molecule has 1 amide bonds. The topological polar surface area (TPSA) is 23.6 Å². The van der Waals surface area contributed by atoms with Crippen LogP contribution in [-0.2, 0) is 0 Å². The zero-order chi connectivity index (χ0) is 14.0. The normalized spacial score (nSPS) is 17.0. The molecule has 5 heteroatoms. The molecule has 3 nitrogen and oxygen atoms in total. The van der Waals surface area contributed by atoms with Crippen molar-refractivity contribution >= 4 is 29.1 Å². The lowest BCUT2D eigenvalue weighted by atomic mass is 10.1. The molecule has 1 aromatic carbocycles. The smallest absolute Gasteiger partial charge is 0.255 e. The van der Waals surface area contributed by atoms with Crippen LogP contribution in [0.25, 0.3) is 0 Å². The Bertz CT molecular complexity index is 469. The molecule has 1 fully saturated rings. The molecular formula is C14H18Cl2N2O. The second-order valence-electron chi connectivity index (χ2n) is 5.02. The maximum absolute atomic E-state index is 12.4. The molecule has 0 radical (unpaired) electrons. The van der Waals surface area contributed by atoms with Gasteiger partial charge in [-0.1, -0.05) is 29.3 Å². The van der Waals surface area contributed by atoms with Crippen molar-refractivity contribution in [3.05, 3.63) is 33.8 Å². The minimum atomic E-state index is -0.0316. The van der Waals surface area contributed by atoms with Crippen LogP contribution < -0.4 is 0 Å². The highest BCUT2D eigenvalue weighted by atomic mass is 35.5. The van der Waals surface area contributed by atoms with E-state index in [1.54, 1.807) is 18.2 Å². The first-order chi connectivity index (χ1) is 9.00. The Labute approximate surface area is 124 Å². The van der Waals surface area contributed by atoms with E-state index < -0.39 is 0 Å². The summed E-state index contributed by atoms with van der Waals surface area (Å²) >= 11 is 12.0. The van der Waals surface area contributed by atoms with Crippen LogP contribution in [0.2, 0.25) is 10.0 Å². The fourth-order valence-corrected chi connectivity index (χ4v) is 2.66. The van der Waals surface area contributed by atoms with Gasteiger partial charge in [0.05, 0.1) is 15.6 Å². The molecule has 1 aliphatic heterocycles. The first-order valence-corrected chi connectivity index (χ1v) is 7.23. The number of benzene rings is 1. The van der Waals surface area contributed by atoms with Crippen molar-refractivity contribution in [1.82, 2.24) is 9.80 Å². The molecular weight excluding hydrogens is 283 g/mol. The zero-order valence-electron chi connectivity index (χ0n) is 11.2. The molecule has 1 aromatic rings. The van der Waals surface area contributed by atoms with E-state index in [2.05, 4.69) is 18.7 Å². The second kappa shape index (κ2) is 6.12. The third kappa shape index (κ3) is 3.22. The lowest BCUT2D eigenvalue weighted by molar-refractivity contribution is 0.0595. The minimum Gasteiger partial charge on any atom is -0.336 e. The van der Waals surface area contributed by atoms with E-state index in [0.29, 0.717) is 21.7 Å². The highest BCUT2D eigenvalue weighted by Crippen LogP contribution is 2.26. The highest BCUT2D eigenvalue weighted by molar-refractivity contribution is 6.43. The van der Waals surface area contributed by atoms with Gasteiger partial charge in [-0.2, -0.15) is 0 Å². The summed E-state index contributed by atoms with van der Waals surface area (Å²) in [5.41, 5.74) is 0.493. The molecule has 2 rings (SSSR count). The number of amides is 1. The van der Waals surface area contributed by atoms with Gasteiger partial charge in [-0.05, 0) is 26.0 Å². The van der Waals surface area contributed by atoms with Gasteiger partial charge >= 0.3 is 0 Å². The summed E-state index contributed by atoms with van der Waals surface area (Å²) in [5.74, 6) is -0.0316. The molecule has 0 N–H and O–H groups in total. The fraction of sp³-hybridized carbons (Fsp3) is 0.500. The maximum atomic E-state index is 12.4. The predicted molar refractivity (Wildman–Crippen MR) is 79.1 cm³/mol. The number of piperazine rings is 1. The molecule has 0 bridgehead atoms. The highest BCUT2D eigenvalue weighted by Gasteiger charge is 2.24. The van der Waals surface area contributed by atoms with Gasteiger partial charge in [0.1, 0.15) is 0 Å². The van der Waals surface area contributed by atoms with Gasteiger partial charge in [0.15, 0.2) is 0 Å². The monoisotopic (exact) mass is 300 g/mol. The van der Waals surface area contributed by atoms with Gasteiger partial charge in [0, 0.05) is 32.2 Å². The molecule has 0 spiro atoms. The summed E-state index contributed by atoms with van der Waals surface area (Å²) in [6.07, 6.45) is 0. The number of halogens is 2. The summed E-state index contributed by atoms with van der Waals surface area (Å²) < 4.78 is 0. The molecule has 0 unspecified atom stereocenters. The van der Waals surface area contributed by atoms with Crippen molar-refractivity contribution in [2.75, 3.05) is 26.2 Å². The second-order valence-corrected chi connectivity index (χ2v) is 5.81. The van der Waals surface area contributed by atoms with Crippen molar-refractivity contribution in [3.63, 3.8) is 0 Å². The predicted octanol–water partition coefficient (Wildman–Crippen LogP) is 3.16. The van der Waals surface area contributed by atoms with Crippen LogP contribution in [0.15, 0.2) is 18.2 Å². The summed E-state index contributed by atoms with van der Waals surface area (Å²) in [6.45, 7) is 7.62. The Morgan fingerprint density at radius 3 is 2.37 bits per heavy atom. The van der Waals surface area contributed by atoms with Crippen molar-refractivity contribution < 1.29 is 4.79 Å². The Morgan fingerprint density at radius 1 is 1.16 bits per heavy atom. The van der Waals surface area contributed by atoms with E-state index >= 15 is 0 Å². The number of carbonyl (C=O) groups excluding carboxylic acids is 1. The lowest BCUT2D eigenvalue weighted by Crippen LogP contribution is -2.50. The number of nitrogens with zero attached hydrogens (tertiary/aromatic N) is 2. The largest absolute Gasteiger partial charge is 0.336 e. The first-order valence-electron chi connectivity index (χ1n) is 6.48. The van der Waals surface area contributed by atoms with Crippen molar-refractivity contribution in [3.8, 4) is 0 Å². The summed E-state index contributed by atoms with van der Waals surface area (Å²) in [7, 11) is 0. The quantitative estimate of drug-likeness (QED) is 0.838. The van der Waals surface area contributed by atoms with E-state index in [4.69, 9.17) is 23.2 Å². The van der Waals surface area contributed by atoms with Gasteiger partial charge in [0.25, 0.3) is 5.91 Å². The van der Waals surface area contributed by atoms with Crippen molar-refractivity contribution in [1.29, 1.82) is 0 Å². The van der Waals surface area contributed by atoms with E-state index in [-0.39, 0.29) is 5.91 Å². The Balaban J connectivity index is 2.07. The zero-order valence-corrected chi connectivity index (χ0v) is 12.7. The van der Waals surface area contributed by atoms with Crippen LogP contribution in [0, 0.1) is 0 Å². The van der Waals surface area contributed by atoms with Crippen LogP contribution in [0.4, 0.5) is 0 Å². The molecule has 0 saturated carbocycles. The average molecular weight is 301 g/mol. The number of carbonyl (C=O) groups is 1. The first kappa shape index (κ1) is 14.6. The molecule has 104 valence electrons. The summed E-state index contributed by atoms with van der Waals surface area (Å²) in [4.78, 5) is 16.6. The Morgan fingerprint density at radius 2 is 1.79 bits per heavy atom. The molecule has 19 heavy (non-hydrogen) atoms. The molecule has 0 aromatic heterocycles. The van der Waals surface area contributed by atoms with Crippen LogP contribution >= 0.6 is 23.2 Å². The van der Waals surface area contributed by atoms with Gasteiger partial charge in [-0.25, -0.2) is 0 Å². The van der Waals surface area contributed by atoms with E-state index in [0.717, 1.165) is 26.2 Å². The number of hydrogen-bond acceptors (Lipinski definition) is 2. The maximum Gasteiger partial charge on any atom is 0.255 e. The summed E-state index contributed by atoms with van der Waals surface area (Å²) in [6, 6.07) is 5.70. The van der Waals surface area contributed by atoms with Crippen molar-refractivity contribution in [2.24, 2.45) is 0 Å². The van der Waals surface area contributed by atoms with Gasteiger partial charge in [-0.3, -0.25) is 9.69 Å². The van der Waals surface area contributed by atoms with E-state index in [1.165, 1.54) is 0 Å². The molecule has 1 saturated heterocycles. The van der Waals surface area contributed by atoms with E-state index in [1.807, 2.05) is 4.90 Å².